The first kappa shape index (κ1) is 22.3. The van der Waals surface area contributed by atoms with Crippen molar-refractivity contribution in [1.29, 1.82) is 0 Å². The lowest BCUT2D eigenvalue weighted by atomic mass is 10.1. The van der Waals surface area contributed by atoms with Crippen LogP contribution in [0.5, 0.6) is 5.75 Å². The summed E-state index contributed by atoms with van der Waals surface area (Å²) < 4.78 is 7.67. The van der Waals surface area contributed by atoms with E-state index in [2.05, 4.69) is 52.8 Å². The molecule has 2 N–H and O–H groups in total. The highest BCUT2D eigenvalue weighted by molar-refractivity contribution is 14.0. The molecule has 0 aliphatic rings. The van der Waals surface area contributed by atoms with Gasteiger partial charge in [0.15, 0.2) is 5.96 Å². The zero-order chi connectivity index (χ0) is 17.9. The topological polar surface area (TPSA) is 63.5 Å². The van der Waals surface area contributed by atoms with E-state index in [1.807, 2.05) is 23.9 Å². The minimum absolute atomic E-state index is 0. The molecular weight excluding hydrogens is 441 g/mol. The molecule has 7 heteroatoms. The summed E-state index contributed by atoms with van der Waals surface area (Å²) >= 11 is 0. The van der Waals surface area contributed by atoms with Crippen LogP contribution in [0, 0.1) is 6.92 Å². The van der Waals surface area contributed by atoms with Crippen molar-refractivity contribution in [2.24, 2.45) is 4.99 Å². The Morgan fingerprint density at radius 1 is 1.27 bits per heavy atom. The third-order valence-corrected chi connectivity index (χ3v) is 3.69. The molecule has 2 rings (SSSR count). The Morgan fingerprint density at radius 3 is 2.81 bits per heavy atom. The molecule has 0 bridgehead atoms. The van der Waals surface area contributed by atoms with Crippen LogP contribution in [0.25, 0.3) is 0 Å². The van der Waals surface area contributed by atoms with Crippen LogP contribution in [0.15, 0.2) is 41.7 Å². The van der Waals surface area contributed by atoms with Gasteiger partial charge in [0.1, 0.15) is 5.75 Å². The van der Waals surface area contributed by atoms with Crippen LogP contribution in [0.3, 0.4) is 0 Å². The minimum Gasteiger partial charge on any atom is -0.494 e. The van der Waals surface area contributed by atoms with E-state index < -0.39 is 0 Å². The SMILES string of the molecule is CCNC(=NCc1ccc(C)cc1OCC)NCCCn1cccn1.I. The van der Waals surface area contributed by atoms with Crippen molar-refractivity contribution in [3.8, 4) is 5.75 Å². The second-order valence-electron chi connectivity index (χ2n) is 5.79. The molecule has 1 aromatic heterocycles. The van der Waals surface area contributed by atoms with Crippen molar-refractivity contribution in [3.05, 3.63) is 47.8 Å². The average Bonchev–Trinajstić information content (AvgIpc) is 3.11. The highest BCUT2D eigenvalue weighted by atomic mass is 127. The normalized spacial score (nSPS) is 11.0. The van der Waals surface area contributed by atoms with Gasteiger partial charge in [-0.05, 0) is 44.9 Å². The Bertz CT molecular complexity index is 658. The van der Waals surface area contributed by atoms with Gasteiger partial charge in [-0.2, -0.15) is 5.10 Å². The van der Waals surface area contributed by atoms with E-state index in [4.69, 9.17) is 4.74 Å². The lowest BCUT2D eigenvalue weighted by molar-refractivity contribution is 0.336. The van der Waals surface area contributed by atoms with Crippen LogP contribution in [-0.2, 0) is 13.1 Å². The van der Waals surface area contributed by atoms with Gasteiger partial charge in [-0.25, -0.2) is 4.99 Å². The Hall–Kier alpha value is -1.77. The molecule has 0 saturated heterocycles. The molecule has 144 valence electrons. The maximum absolute atomic E-state index is 5.73. The monoisotopic (exact) mass is 471 g/mol. The summed E-state index contributed by atoms with van der Waals surface area (Å²) in [5, 5.41) is 10.9. The third kappa shape index (κ3) is 7.63. The second kappa shape index (κ2) is 12.6. The molecule has 0 aliphatic carbocycles. The zero-order valence-corrected chi connectivity index (χ0v) is 18.2. The first-order valence-corrected chi connectivity index (χ1v) is 8.94. The Morgan fingerprint density at radius 2 is 2.12 bits per heavy atom. The number of rotatable bonds is 9. The Kier molecular flexibility index (Phi) is 10.8. The molecule has 0 spiro atoms. The van der Waals surface area contributed by atoms with E-state index >= 15 is 0 Å². The zero-order valence-electron chi connectivity index (χ0n) is 15.9. The number of halogens is 1. The number of hydrogen-bond donors (Lipinski definition) is 2. The molecule has 26 heavy (non-hydrogen) atoms. The molecule has 0 fully saturated rings. The highest BCUT2D eigenvalue weighted by Gasteiger charge is 2.04. The maximum atomic E-state index is 5.73. The number of nitrogens with one attached hydrogen (secondary N) is 2. The van der Waals surface area contributed by atoms with E-state index in [1.54, 1.807) is 6.20 Å². The quantitative estimate of drug-likeness (QED) is 0.255. The smallest absolute Gasteiger partial charge is 0.191 e. The van der Waals surface area contributed by atoms with Crippen molar-refractivity contribution < 1.29 is 4.74 Å². The first-order chi connectivity index (χ1) is 12.2. The lowest BCUT2D eigenvalue weighted by Crippen LogP contribution is -2.38. The van der Waals surface area contributed by atoms with Crippen LogP contribution in [0.1, 0.15) is 31.4 Å². The number of aliphatic imine (C=N–C) groups is 1. The predicted molar refractivity (Wildman–Crippen MR) is 117 cm³/mol. The number of benzene rings is 1. The van der Waals surface area contributed by atoms with Gasteiger partial charge in [0.2, 0.25) is 0 Å². The lowest BCUT2D eigenvalue weighted by Gasteiger charge is -2.13. The van der Waals surface area contributed by atoms with E-state index in [0.717, 1.165) is 43.3 Å². The molecule has 0 aliphatic heterocycles. The van der Waals surface area contributed by atoms with E-state index in [0.29, 0.717) is 13.2 Å². The molecule has 0 atom stereocenters. The van der Waals surface area contributed by atoms with E-state index in [1.165, 1.54) is 5.56 Å². The van der Waals surface area contributed by atoms with Crippen molar-refractivity contribution in [1.82, 2.24) is 20.4 Å². The van der Waals surface area contributed by atoms with Gasteiger partial charge in [0, 0.05) is 37.6 Å². The predicted octanol–water partition coefficient (Wildman–Crippen LogP) is 3.35. The molecule has 6 nitrogen and oxygen atoms in total. The van der Waals surface area contributed by atoms with Gasteiger partial charge < -0.3 is 15.4 Å². The largest absolute Gasteiger partial charge is 0.494 e. The molecule has 0 saturated carbocycles. The van der Waals surface area contributed by atoms with Crippen molar-refractivity contribution in [2.75, 3.05) is 19.7 Å². The summed E-state index contributed by atoms with van der Waals surface area (Å²) in [6, 6.07) is 8.19. The minimum atomic E-state index is 0. The molecule has 1 heterocycles. The van der Waals surface area contributed by atoms with Crippen molar-refractivity contribution in [2.45, 2.75) is 40.3 Å². The number of aryl methyl sites for hydroxylation is 2. The van der Waals surface area contributed by atoms with Crippen molar-refractivity contribution in [3.63, 3.8) is 0 Å². The van der Waals surface area contributed by atoms with Crippen LogP contribution in [0.2, 0.25) is 0 Å². The molecule has 0 amide bonds. The number of hydrogen-bond acceptors (Lipinski definition) is 3. The number of ether oxygens (including phenoxy) is 1. The fourth-order valence-corrected chi connectivity index (χ4v) is 2.47. The summed E-state index contributed by atoms with van der Waals surface area (Å²) in [4.78, 5) is 4.68. The van der Waals surface area contributed by atoms with Gasteiger partial charge in [0.25, 0.3) is 0 Å². The molecule has 0 unspecified atom stereocenters. The van der Waals surface area contributed by atoms with Gasteiger partial charge in [0.05, 0.1) is 13.2 Å². The third-order valence-electron chi connectivity index (χ3n) is 3.69. The second-order valence-corrected chi connectivity index (χ2v) is 5.79. The maximum Gasteiger partial charge on any atom is 0.191 e. The summed E-state index contributed by atoms with van der Waals surface area (Å²) in [6.45, 7) is 9.96. The Labute approximate surface area is 173 Å². The van der Waals surface area contributed by atoms with Crippen LogP contribution in [0.4, 0.5) is 0 Å². The fraction of sp³-hybridized carbons (Fsp3) is 0.474. The van der Waals surface area contributed by atoms with Gasteiger partial charge in [-0.1, -0.05) is 12.1 Å². The summed E-state index contributed by atoms with van der Waals surface area (Å²) in [5.74, 6) is 1.74. The molecule has 2 aromatic rings. The number of guanidine groups is 1. The first-order valence-electron chi connectivity index (χ1n) is 8.94. The Balaban J connectivity index is 0.00000338. The highest BCUT2D eigenvalue weighted by Crippen LogP contribution is 2.21. The molecule has 0 radical (unpaired) electrons. The van der Waals surface area contributed by atoms with Gasteiger partial charge >= 0.3 is 0 Å². The fourth-order valence-electron chi connectivity index (χ4n) is 2.47. The molecule has 1 aromatic carbocycles. The summed E-state index contributed by atoms with van der Waals surface area (Å²) in [7, 11) is 0. The number of nitrogens with zero attached hydrogens (tertiary/aromatic N) is 3. The summed E-state index contributed by atoms with van der Waals surface area (Å²) in [5.41, 5.74) is 2.29. The van der Waals surface area contributed by atoms with Gasteiger partial charge in [-0.3, -0.25) is 4.68 Å². The van der Waals surface area contributed by atoms with E-state index in [-0.39, 0.29) is 24.0 Å². The van der Waals surface area contributed by atoms with E-state index in [9.17, 15) is 0 Å². The summed E-state index contributed by atoms with van der Waals surface area (Å²) in [6.07, 6.45) is 4.77. The van der Waals surface area contributed by atoms with Gasteiger partial charge in [-0.15, -0.1) is 24.0 Å². The molecular formula is C19H30IN5O. The van der Waals surface area contributed by atoms with Crippen molar-refractivity contribution >= 4 is 29.9 Å². The van der Waals surface area contributed by atoms with Crippen LogP contribution < -0.4 is 15.4 Å². The van der Waals surface area contributed by atoms with Crippen LogP contribution >= 0.6 is 24.0 Å². The number of aromatic nitrogens is 2. The average molecular weight is 471 g/mol. The standard InChI is InChI=1S/C19H29N5O.HI/c1-4-20-19(21-10-6-12-24-13-7-11-23-24)22-15-17-9-8-16(3)14-18(17)25-5-2;/h7-9,11,13-14H,4-6,10,12,15H2,1-3H3,(H2,20,21,22);1H. The van der Waals surface area contributed by atoms with Crippen LogP contribution in [-0.4, -0.2) is 35.4 Å².